The van der Waals surface area contributed by atoms with E-state index in [-0.39, 0.29) is 0 Å². The molecule has 0 saturated heterocycles. The van der Waals surface area contributed by atoms with E-state index in [4.69, 9.17) is 9.72 Å². The summed E-state index contributed by atoms with van der Waals surface area (Å²) in [6, 6.07) is 10.1. The number of nitrogens with zero attached hydrogens (tertiary/aromatic N) is 3. The Kier molecular flexibility index (Phi) is 4.87. The number of methoxy groups -OCH3 is 1. The highest BCUT2D eigenvalue weighted by Crippen LogP contribution is 2.29. The van der Waals surface area contributed by atoms with Crippen molar-refractivity contribution in [2.45, 2.75) is 10.9 Å². The molecule has 0 amide bonds. The molecule has 0 N–H and O–H groups in total. The van der Waals surface area contributed by atoms with Crippen molar-refractivity contribution in [3.63, 3.8) is 0 Å². The van der Waals surface area contributed by atoms with Crippen molar-refractivity contribution in [3.8, 4) is 22.0 Å². The van der Waals surface area contributed by atoms with Gasteiger partial charge in [0.25, 0.3) is 0 Å². The van der Waals surface area contributed by atoms with Gasteiger partial charge in [0.05, 0.1) is 18.5 Å². The number of hydrogen-bond donors (Lipinski definition) is 0. The maximum atomic E-state index is 5.31. The molecule has 0 aliphatic carbocycles. The zero-order valence-corrected chi connectivity index (χ0v) is 15.9. The third kappa shape index (κ3) is 3.63. The zero-order valence-electron chi connectivity index (χ0n) is 13.5. The monoisotopic (exact) mass is 385 g/mol. The first kappa shape index (κ1) is 16.4. The van der Waals surface area contributed by atoms with E-state index in [0.717, 1.165) is 33.0 Å². The van der Waals surface area contributed by atoms with Crippen molar-refractivity contribution in [2.24, 2.45) is 0 Å². The van der Waals surface area contributed by atoms with E-state index in [1.807, 2.05) is 36.7 Å². The quantitative estimate of drug-likeness (QED) is 0.419. The number of aromatic nitrogens is 3. The normalized spacial score (nSPS) is 10.9. The highest BCUT2D eigenvalue weighted by molar-refractivity contribution is 7.98. The Morgan fingerprint density at radius 1 is 1.24 bits per heavy atom. The van der Waals surface area contributed by atoms with Gasteiger partial charge in [-0.05, 0) is 23.6 Å². The molecule has 0 aliphatic heterocycles. The number of ether oxygens (including phenoxy) is 1. The molecular weight excluding hydrogens is 370 g/mol. The molecule has 1 aromatic carbocycles. The summed E-state index contributed by atoms with van der Waals surface area (Å²) in [6.07, 6.45) is 3.79. The van der Waals surface area contributed by atoms with Crippen LogP contribution in [0.4, 0.5) is 0 Å². The molecule has 4 rings (SSSR count). The second kappa shape index (κ2) is 7.43. The third-order valence-electron chi connectivity index (χ3n) is 3.61. The lowest BCUT2D eigenvalue weighted by atomic mass is 10.3. The number of imidazole rings is 1. The van der Waals surface area contributed by atoms with E-state index in [0.29, 0.717) is 0 Å². The number of thiophene rings is 1. The molecule has 0 saturated carbocycles. The first-order valence-corrected chi connectivity index (χ1v) is 10.4. The van der Waals surface area contributed by atoms with Crippen molar-refractivity contribution < 1.29 is 4.74 Å². The minimum atomic E-state index is 0.793. The molecule has 0 radical (unpaired) electrons. The molecule has 0 bridgehead atoms. The number of thioether (sulfide) groups is 1. The van der Waals surface area contributed by atoms with Crippen molar-refractivity contribution >= 4 is 34.4 Å². The van der Waals surface area contributed by atoms with E-state index >= 15 is 0 Å². The van der Waals surface area contributed by atoms with Gasteiger partial charge in [-0.1, -0.05) is 17.8 Å². The second-order valence-electron chi connectivity index (χ2n) is 5.23. The van der Waals surface area contributed by atoms with E-state index in [9.17, 15) is 0 Å². The Morgan fingerprint density at radius 2 is 2.20 bits per heavy atom. The average molecular weight is 386 g/mol. The van der Waals surface area contributed by atoms with Crippen molar-refractivity contribution in [1.29, 1.82) is 0 Å². The van der Waals surface area contributed by atoms with Gasteiger partial charge >= 0.3 is 0 Å². The number of hydrogen-bond acceptors (Lipinski definition) is 6. The molecule has 7 heteroatoms. The van der Waals surface area contributed by atoms with Crippen LogP contribution in [0, 0.1) is 0 Å². The standard InChI is InChI=1S/C18H15N3OS3/c1-22-16-4-2-3-15(9-16)21-7-6-19-18(21)25-12-14-11-24-17(20-14)13-5-8-23-10-13/h2-11H,12H2,1H3. The van der Waals surface area contributed by atoms with Gasteiger partial charge in [0.15, 0.2) is 5.16 Å². The summed E-state index contributed by atoms with van der Waals surface area (Å²) in [5, 5.41) is 8.35. The van der Waals surface area contributed by atoms with Crippen LogP contribution in [-0.2, 0) is 5.75 Å². The van der Waals surface area contributed by atoms with Gasteiger partial charge in [0.2, 0.25) is 0 Å². The van der Waals surface area contributed by atoms with Gasteiger partial charge in [-0.3, -0.25) is 4.57 Å². The lowest BCUT2D eigenvalue weighted by Crippen LogP contribution is -1.96. The van der Waals surface area contributed by atoms with E-state index < -0.39 is 0 Å². The van der Waals surface area contributed by atoms with Crippen LogP contribution in [0.5, 0.6) is 5.75 Å². The van der Waals surface area contributed by atoms with Crippen LogP contribution >= 0.6 is 34.4 Å². The van der Waals surface area contributed by atoms with Gasteiger partial charge in [-0.25, -0.2) is 9.97 Å². The summed E-state index contributed by atoms with van der Waals surface area (Å²) >= 11 is 5.07. The predicted octanol–water partition coefficient (Wildman–Crippen LogP) is 5.36. The van der Waals surface area contributed by atoms with E-state index in [2.05, 4.69) is 31.8 Å². The van der Waals surface area contributed by atoms with Crippen LogP contribution in [0.25, 0.3) is 16.3 Å². The minimum absolute atomic E-state index is 0.793. The number of rotatable bonds is 6. The summed E-state index contributed by atoms with van der Waals surface area (Å²) in [5.74, 6) is 1.63. The summed E-state index contributed by atoms with van der Waals surface area (Å²) < 4.78 is 7.38. The highest BCUT2D eigenvalue weighted by Gasteiger charge is 2.10. The molecule has 0 aliphatic rings. The van der Waals surface area contributed by atoms with Gasteiger partial charge in [-0.15, -0.1) is 11.3 Å². The molecule has 4 aromatic rings. The maximum Gasteiger partial charge on any atom is 0.172 e. The summed E-state index contributed by atoms with van der Waals surface area (Å²) in [5.41, 5.74) is 3.32. The average Bonchev–Trinajstić information content (AvgIpc) is 3.40. The first-order valence-electron chi connectivity index (χ1n) is 7.61. The van der Waals surface area contributed by atoms with Crippen LogP contribution in [0.2, 0.25) is 0 Å². The molecule has 0 atom stereocenters. The molecule has 25 heavy (non-hydrogen) atoms. The SMILES string of the molecule is COc1cccc(-n2ccnc2SCc2csc(-c3ccsc3)n2)c1. The first-order chi connectivity index (χ1) is 12.3. The van der Waals surface area contributed by atoms with Crippen LogP contribution < -0.4 is 4.74 Å². The topological polar surface area (TPSA) is 39.9 Å². The Hall–Kier alpha value is -2.09. The fraction of sp³-hybridized carbons (Fsp3) is 0.111. The van der Waals surface area contributed by atoms with Gasteiger partial charge in [-0.2, -0.15) is 11.3 Å². The zero-order chi connectivity index (χ0) is 17.1. The predicted molar refractivity (Wildman–Crippen MR) is 105 cm³/mol. The Bertz CT molecular complexity index is 960. The van der Waals surface area contributed by atoms with E-state index in [1.165, 1.54) is 5.56 Å². The Labute approximate surface area is 158 Å². The highest BCUT2D eigenvalue weighted by atomic mass is 32.2. The lowest BCUT2D eigenvalue weighted by Gasteiger charge is -2.08. The lowest BCUT2D eigenvalue weighted by molar-refractivity contribution is 0.414. The maximum absolute atomic E-state index is 5.31. The molecule has 0 unspecified atom stereocenters. The summed E-state index contributed by atoms with van der Waals surface area (Å²) in [6.45, 7) is 0. The molecule has 3 heterocycles. The van der Waals surface area contributed by atoms with Crippen LogP contribution in [0.15, 0.2) is 64.0 Å². The number of thiazole rings is 1. The van der Waals surface area contributed by atoms with Crippen LogP contribution in [0.3, 0.4) is 0 Å². The fourth-order valence-corrected chi connectivity index (χ4v) is 4.89. The molecule has 126 valence electrons. The summed E-state index contributed by atoms with van der Waals surface area (Å²) in [7, 11) is 1.68. The van der Waals surface area contributed by atoms with Gasteiger partial charge in [0, 0.05) is 40.5 Å². The molecule has 3 aromatic heterocycles. The van der Waals surface area contributed by atoms with Gasteiger partial charge in [0.1, 0.15) is 10.8 Å². The smallest absolute Gasteiger partial charge is 0.172 e. The fourth-order valence-electron chi connectivity index (χ4n) is 2.38. The van der Waals surface area contributed by atoms with Crippen LogP contribution in [0.1, 0.15) is 5.69 Å². The second-order valence-corrected chi connectivity index (χ2v) is 7.81. The molecule has 0 fully saturated rings. The molecule has 0 spiro atoms. The van der Waals surface area contributed by atoms with Crippen LogP contribution in [-0.4, -0.2) is 21.6 Å². The largest absolute Gasteiger partial charge is 0.497 e. The Balaban J connectivity index is 1.50. The molecular formula is C18H15N3OS3. The molecule has 4 nitrogen and oxygen atoms in total. The third-order valence-corrected chi connectivity index (χ3v) is 6.23. The minimum Gasteiger partial charge on any atom is -0.497 e. The van der Waals surface area contributed by atoms with Crippen molar-refractivity contribution in [3.05, 3.63) is 64.6 Å². The van der Waals surface area contributed by atoms with Crippen molar-refractivity contribution in [2.75, 3.05) is 7.11 Å². The van der Waals surface area contributed by atoms with Gasteiger partial charge < -0.3 is 4.74 Å². The number of benzene rings is 1. The van der Waals surface area contributed by atoms with E-state index in [1.54, 1.807) is 41.5 Å². The summed E-state index contributed by atoms with van der Waals surface area (Å²) in [4.78, 5) is 9.21. The Morgan fingerprint density at radius 3 is 3.04 bits per heavy atom. The van der Waals surface area contributed by atoms with Crippen molar-refractivity contribution in [1.82, 2.24) is 14.5 Å².